The molecule has 0 bridgehead atoms. The van der Waals surface area contributed by atoms with E-state index >= 15 is 0 Å². The van der Waals surface area contributed by atoms with E-state index in [4.69, 9.17) is 0 Å². The second kappa shape index (κ2) is 7.95. The topological polar surface area (TPSA) is 59.8 Å². The molecule has 0 aliphatic carbocycles. The van der Waals surface area contributed by atoms with Crippen LogP contribution < -0.4 is 5.32 Å². The lowest BCUT2D eigenvalue weighted by molar-refractivity contribution is 0.101. The van der Waals surface area contributed by atoms with Crippen LogP contribution in [0, 0.1) is 27.7 Å². The van der Waals surface area contributed by atoms with Gasteiger partial charge in [0.1, 0.15) is 0 Å². The van der Waals surface area contributed by atoms with E-state index in [1.807, 2.05) is 74.5 Å². The first-order valence-corrected chi connectivity index (χ1v) is 9.91. The maximum atomic E-state index is 12.9. The number of nitrogens with one attached hydrogen (secondary N) is 1. The molecule has 1 heterocycles. The molecule has 0 saturated heterocycles. The lowest BCUT2D eigenvalue weighted by atomic mass is 10.1. The highest BCUT2D eigenvalue weighted by molar-refractivity contribution is 6.01. The Bertz CT molecular complexity index is 1230. The van der Waals surface area contributed by atoms with Gasteiger partial charge in [-0.1, -0.05) is 48.5 Å². The SMILES string of the molecule is Cc1ccc(NC(=O)c2nc(-c3ccccc3)n(-c3cccc(C)c3C)n2)cc1C. The second-order valence-electron chi connectivity index (χ2n) is 7.51. The molecule has 0 aliphatic rings. The van der Waals surface area contributed by atoms with Gasteiger partial charge in [0.05, 0.1) is 5.69 Å². The molecule has 0 spiro atoms. The maximum absolute atomic E-state index is 12.9. The van der Waals surface area contributed by atoms with Gasteiger partial charge in [0.25, 0.3) is 5.91 Å². The molecule has 4 aromatic rings. The molecule has 30 heavy (non-hydrogen) atoms. The molecule has 0 radical (unpaired) electrons. The summed E-state index contributed by atoms with van der Waals surface area (Å²) >= 11 is 0. The lowest BCUT2D eigenvalue weighted by Crippen LogP contribution is -2.14. The fraction of sp³-hybridized carbons (Fsp3) is 0.160. The molecule has 0 fully saturated rings. The number of hydrogen-bond donors (Lipinski definition) is 1. The molecular formula is C25H24N4O. The Labute approximate surface area is 176 Å². The van der Waals surface area contributed by atoms with Crippen LogP contribution >= 0.6 is 0 Å². The quantitative estimate of drug-likeness (QED) is 0.501. The maximum Gasteiger partial charge on any atom is 0.295 e. The zero-order valence-corrected chi connectivity index (χ0v) is 17.6. The van der Waals surface area contributed by atoms with Crippen molar-refractivity contribution in [3.63, 3.8) is 0 Å². The molecule has 5 nitrogen and oxygen atoms in total. The smallest absolute Gasteiger partial charge is 0.295 e. The van der Waals surface area contributed by atoms with Crippen LogP contribution in [0.2, 0.25) is 0 Å². The summed E-state index contributed by atoms with van der Waals surface area (Å²) in [7, 11) is 0. The highest BCUT2D eigenvalue weighted by atomic mass is 16.2. The Balaban J connectivity index is 1.78. The van der Waals surface area contributed by atoms with Crippen molar-refractivity contribution in [3.8, 4) is 17.1 Å². The summed E-state index contributed by atoms with van der Waals surface area (Å²) < 4.78 is 1.76. The van der Waals surface area contributed by atoms with Gasteiger partial charge in [0.15, 0.2) is 5.82 Å². The Morgan fingerprint density at radius 3 is 2.33 bits per heavy atom. The van der Waals surface area contributed by atoms with Gasteiger partial charge in [-0.05, 0) is 68.1 Å². The first kappa shape index (κ1) is 19.6. The minimum absolute atomic E-state index is 0.132. The average Bonchev–Trinajstić information content (AvgIpc) is 3.19. The molecule has 5 heteroatoms. The molecule has 0 saturated carbocycles. The van der Waals surface area contributed by atoms with Crippen molar-refractivity contribution >= 4 is 11.6 Å². The van der Waals surface area contributed by atoms with Crippen molar-refractivity contribution in [1.82, 2.24) is 14.8 Å². The van der Waals surface area contributed by atoms with Gasteiger partial charge in [0.2, 0.25) is 5.82 Å². The van der Waals surface area contributed by atoms with Crippen LogP contribution in [-0.2, 0) is 0 Å². The zero-order chi connectivity index (χ0) is 21.3. The first-order valence-electron chi connectivity index (χ1n) is 9.91. The molecule has 1 amide bonds. The van der Waals surface area contributed by atoms with Crippen LogP contribution in [0.15, 0.2) is 66.7 Å². The summed E-state index contributed by atoms with van der Waals surface area (Å²) in [6.07, 6.45) is 0. The molecule has 0 atom stereocenters. The summed E-state index contributed by atoms with van der Waals surface area (Å²) in [5, 5.41) is 7.51. The predicted octanol–water partition coefficient (Wildman–Crippen LogP) is 5.42. The number of hydrogen-bond acceptors (Lipinski definition) is 3. The van der Waals surface area contributed by atoms with Gasteiger partial charge < -0.3 is 5.32 Å². The molecule has 4 rings (SSSR count). The molecule has 0 aliphatic heterocycles. The molecule has 1 N–H and O–H groups in total. The van der Waals surface area contributed by atoms with Gasteiger partial charge >= 0.3 is 0 Å². The fourth-order valence-corrected chi connectivity index (χ4v) is 3.32. The summed E-state index contributed by atoms with van der Waals surface area (Å²) in [5.41, 5.74) is 7.09. The van der Waals surface area contributed by atoms with E-state index in [1.165, 1.54) is 5.56 Å². The molecule has 150 valence electrons. The van der Waals surface area contributed by atoms with Crippen LogP contribution in [0.5, 0.6) is 0 Å². The van der Waals surface area contributed by atoms with Crippen molar-refractivity contribution in [2.75, 3.05) is 5.32 Å². The van der Waals surface area contributed by atoms with E-state index in [2.05, 4.69) is 35.3 Å². The molecular weight excluding hydrogens is 372 g/mol. The summed E-state index contributed by atoms with van der Waals surface area (Å²) in [6.45, 7) is 8.17. The third kappa shape index (κ3) is 3.74. The monoisotopic (exact) mass is 396 g/mol. The van der Waals surface area contributed by atoms with E-state index in [-0.39, 0.29) is 11.7 Å². The summed E-state index contributed by atoms with van der Waals surface area (Å²) in [6, 6.07) is 21.7. The third-order valence-electron chi connectivity index (χ3n) is 5.41. The second-order valence-corrected chi connectivity index (χ2v) is 7.51. The van der Waals surface area contributed by atoms with Crippen LogP contribution in [-0.4, -0.2) is 20.7 Å². The van der Waals surface area contributed by atoms with Crippen molar-refractivity contribution in [2.24, 2.45) is 0 Å². The van der Waals surface area contributed by atoms with Crippen molar-refractivity contribution < 1.29 is 4.79 Å². The van der Waals surface area contributed by atoms with Crippen molar-refractivity contribution in [1.29, 1.82) is 0 Å². The minimum Gasteiger partial charge on any atom is -0.319 e. The van der Waals surface area contributed by atoms with Gasteiger partial charge in [-0.15, -0.1) is 5.10 Å². The Morgan fingerprint density at radius 2 is 1.60 bits per heavy atom. The summed E-state index contributed by atoms with van der Waals surface area (Å²) in [4.78, 5) is 17.5. The Kier molecular flexibility index (Phi) is 5.19. The van der Waals surface area contributed by atoms with E-state index in [0.29, 0.717) is 5.82 Å². The van der Waals surface area contributed by atoms with E-state index in [1.54, 1.807) is 4.68 Å². The Morgan fingerprint density at radius 1 is 0.833 bits per heavy atom. The van der Waals surface area contributed by atoms with E-state index in [9.17, 15) is 4.79 Å². The van der Waals surface area contributed by atoms with Crippen molar-refractivity contribution in [3.05, 3.63) is 94.8 Å². The minimum atomic E-state index is -0.334. The van der Waals surface area contributed by atoms with Gasteiger partial charge in [-0.3, -0.25) is 4.79 Å². The molecule has 0 unspecified atom stereocenters. The number of aryl methyl sites for hydroxylation is 3. The van der Waals surface area contributed by atoms with Gasteiger partial charge in [0, 0.05) is 11.3 Å². The number of anilines is 1. The largest absolute Gasteiger partial charge is 0.319 e. The van der Waals surface area contributed by atoms with Crippen LogP contribution in [0.25, 0.3) is 17.1 Å². The predicted molar refractivity (Wildman–Crippen MR) is 120 cm³/mol. The van der Waals surface area contributed by atoms with Crippen LogP contribution in [0.3, 0.4) is 0 Å². The number of rotatable bonds is 4. The number of amides is 1. The molecule has 1 aromatic heterocycles. The lowest BCUT2D eigenvalue weighted by Gasteiger charge is -2.10. The highest BCUT2D eigenvalue weighted by Crippen LogP contribution is 2.25. The zero-order valence-electron chi connectivity index (χ0n) is 17.6. The number of aromatic nitrogens is 3. The standard InChI is InChI=1S/C25H24N4O/c1-16-13-14-21(15-18(16)3)26-25(30)23-27-24(20-10-6-5-7-11-20)29(28-23)22-12-8-9-17(2)19(22)4/h5-15H,1-4H3,(H,26,30). The van der Waals surface area contributed by atoms with Crippen molar-refractivity contribution in [2.45, 2.75) is 27.7 Å². The highest BCUT2D eigenvalue weighted by Gasteiger charge is 2.20. The van der Waals surface area contributed by atoms with E-state index < -0.39 is 0 Å². The fourth-order valence-electron chi connectivity index (χ4n) is 3.32. The average molecular weight is 396 g/mol. The van der Waals surface area contributed by atoms with Gasteiger partial charge in [-0.2, -0.15) is 0 Å². The number of benzene rings is 3. The Hall–Kier alpha value is -3.73. The van der Waals surface area contributed by atoms with Crippen LogP contribution in [0.1, 0.15) is 32.9 Å². The normalized spacial score (nSPS) is 10.8. The van der Waals surface area contributed by atoms with E-state index in [0.717, 1.165) is 33.6 Å². The number of carbonyl (C=O) groups excluding carboxylic acids is 1. The van der Waals surface area contributed by atoms with Crippen LogP contribution in [0.4, 0.5) is 5.69 Å². The first-order chi connectivity index (χ1) is 14.4. The third-order valence-corrected chi connectivity index (χ3v) is 5.41. The van der Waals surface area contributed by atoms with Gasteiger partial charge in [-0.25, -0.2) is 9.67 Å². The molecule has 3 aromatic carbocycles. The number of nitrogens with zero attached hydrogens (tertiary/aromatic N) is 3. The number of carbonyl (C=O) groups is 1. The summed E-state index contributed by atoms with van der Waals surface area (Å²) in [5.74, 6) is 0.432.